The Morgan fingerprint density at radius 3 is 2.75 bits per heavy atom. The molecule has 1 aromatic carbocycles. The van der Waals surface area contributed by atoms with Crippen LogP contribution in [0.4, 0.5) is 18.9 Å². The minimum Gasteiger partial charge on any atom is -0.381 e. The Labute approximate surface area is 113 Å². The van der Waals surface area contributed by atoms with Gasteiger partial charge in [-0.15, -0.1) is 0 Å². The van der Waals surface area contributed by atoms with E-state index in [1.54, 1.807) is 6.07 Å². The van der Waals surface area contributed by atoms with E-state index in [2.05, 4.69) is 15.3 Å². The Kier molecular flexibility index (Phi) is 4.19. The molecule has 3 N–H and O–H groups in total. The summed E-state index contributed by atoms with van der Waals surface area (Å²) < 4.78 is 38.2. The van der Waals surface area contributed by atoms with Gasteiger partial charge >= 0.3 is 6.18 Å². The highest BCUT2D eigenvalue weighted by molar-refractivity contribution is 5.73. The normalized spacial score (nSPS) is 11.4. The minimum atomic E-state index is -4.38. The number of benzene rings is 1. The molecule has 7 heteroatoms. The van der Waals surface area contributed by atoms with Gasteiger partial charge in [0.25, 0.3) is 0 Å². The molecule has 1 aromatic heterocycles. The maximum absolute atomic E-state index is 12.7. The first kappa shape index (κ1) is 14.3. The van der Waals surface area contributed by atoms with Crippen molar-refractivity contribution in [3.8, 4) is 11.3 Å². The zero-order valence-corrected chi connectivity index (χ0v) is 10.5. The van der Waals surface area contributed by atoms with Gasteiger partial charge < -0.3 is 11.1 Å². The van der Waals surface area contributed by atoms with Crippen molar-refractivity contribution in [1.29, 1.82) is 0 Å². The molecule has 0 spiro atoms. The van der Waals surface area contributed by atoms with Crippen LogP contribution in [0, 0.1) is 0 Å². The van der Waals surface area contributed by atoms with E-state index in [0.29, 0.717) is 30.0 Å². The molecule has 0 saturated carbocycles. The summed E-state index contributed by atoms with van der Waals surface area (Å²) in [4.78, 5) is 7.90. The van der Waals surface area contributed by atoms with Gasteiger partial charge in [0.05, 0.1) is 23.1 Å². The van der Waals surface area contributed by atoms with Gasteiger partial charge in [-0.05, 0) is 12.1 Å². The number of nitrogens with zero attached hydrogens (tertiary/aromatic N) is 2. The summed E-state index contributed by atoms with van der Waals surface area (Å²) in [7, 11) is 0. The average Bonchev–Trinajstić information content (AvgIpc) is 2.45. The summed E-state index contributed by atoms with van der Waals surface area (Å²) in [5, 5.41) is 2.99. The molecule has 0 aliphatic heterocycles. The van der Waals surface area contributed by atoms with E-state index < -0.39 is 11.7 Å². The minimum absolute atomic E-state index is 0.377. The number of anilines is 1. The number of nitrogens with one attached hydrogen (secondary N) is 1. The number of halogens is 3. The molecule has 0 amide bonds. The molecule has 20 heavy (non-hydrogen) atoms. The number of aromatic nitrogens is 2. The number of hydrogen-bond acceptors (Lipinski definition) is 4. The average molecular weight is 282 g/mol. The fraction of sp³-hybridized carbons (Fsp3) is 0.231. The maximum Gasteiger partial charge on any atom is 0.416 e. The molecule has 0 saturated heterocycles. The summed E-state index contributed by atoms with van der Waals surface area (Å²) in [6, 6.07) is 5.02. The van der Waals surface area contributed by atoms with Crippen molar-refractivity contribution in [2.75, 3.05) is 18.4 Å². The van der Waals surface area contributed by atoms with Crippen molar-refractivity contribution < 1.29 is 13.2 Å². The third-order valence-corrected chi connectivity index (χ3v) is 2.64. The maximum atomic E-state index is 12.7. The Bertz CT molecular complexity index is 584. The smallest absolute Gasteiger partial charge is 0.381 e. The quantitative estimate of drug-likeness (QED) is 0.904. The van der Waals surface area contributed by atoms with E-state index in [4.69, 9.17) is 5.73 Å². The van der Waals surface area contributed by atoms with Crippen LogP contribution >= 0.6 is 0 Å². The predicted octanol–water partition coefficient (Wildman–Crippen LogP) is 2.53. The summed E-state index contributed by atoms with van der Waals surface area (Å²) in [6.07, 6.45) is -1.57. The second-order valence-electron chi connectivity index (χ2n) is 4.08. The lowest BCUT2D eigenvalue weighted by molar-refractivity contribution is -0.137. The summed E-state index contributed by atoms with van der Waals surface area (Å²) in [5.41, 5.74) is 6.03. The third-order valence-electron chi connectivity index (χ3n) is 2.64. The van der Waals surface area contributed by atoms with Crippen LogP contribution in [-0.2, 0) is 6.18 Å². The lowest BCUT2D eigenvalue weighted by atomic mass is 10.1. The number of hydrogen-bond donors (Lipinski definition) is 2. The zero-order valence-electron chi connectivity index (χ0n) is 10.5. The van der Waals surface area contributed by atoms with Gasteiger partial charge in [-0.2, -0.15) is 13.2 Å². The molecule has 4 nitrogen and oxygen atoms in total. The second kappa shape index (κ2) is 5.87. The Hall–Kier alpha value is -2.15. The fourth-order valence-electron chi connectivity index (χ4n) is 1.74. The van der Waals surface area contributed by atoms with E-state index in [0.717, 1.165) is 12.1 Å². The first-order chi connectivity index (χ1) is 9.52. The van der Waals surface area contributed by atoms with Gasteiger partial charge in [-0.25, -0.2) is 9.97 Å². The number of rotatable bonds is 4. The summed E-state index contributed by atoms with van der Waals surface area (Å²) in [6.45, 7) is 0.885. The van der Waals surface area contributed by atoms with Gasteiger partial charge in [0.2, 0.25) is 0 Å². The summed E-state index contributed by atoms with van der Waals surface area (Å²) in [5.74, 6) is 0. The molecular formula is C13H13F3N4. The van der Waals surface area contributed by atoms with Crippen molar-refractivity contribution in [1.82, 2.24) is 9.97 Å². The van der Waals surface area contributed by atoms with E-state index in [1.165, 1.54) is 18.6 Å². The molecule has 0 radical (unpaired) electrons. The lowest BCUT2D eigenvalue weighted by Gasteiger charge is -2.12. The monoisotopic (exact) mass is 282 g/mol. The van der Waals surface area contributed by atoms with Gasteiger partial charge in [-0.3, -0.25) is 0 Å². The molecule has 0 fully saturated rings. The van der Waals surface area contributed by atoms with Crippen molar-refractivity contribution in [3.05, 3.63) is 42.4 Å². The van der Waals surface area contributed by atoms with Gasteiger partial charge in [0, 0.05) is 18.7 Å². The van der Waals surface area contributed by atoms with Crippen molar-refractivity contribution >= 4 is 5.69 Å². The molecule has 2 aromatic rings. The van der Waals surface area contributed by atoms with Crippen LogP contribution < -0.4 is 11.1 Å². The highest BCUT2D eigenvalue weighted by Gasteiger charge is 2.30. The van der Waals surface area contributed by atoms with Crippen LogP contribution in [-0.4, -0.2) is 23.1 Å². The van der Waals surface area contributed by atoms with E-state index >= 15 is 0 Å². The Morgan fingerprint density at radius 1 is 1.25 bits per heavy atom. The summed E-state index contributed by atoms with van der Waals surface area (Å²) >= 11 is 0. The van der Waals surface area contributed by atoms with Gasteiger partial charge in [0.15, 0.2) is 0 Å². The molecule has 0 unspecified atom stereocenters. The molecular weight excluding hydrogens is 269 g/mol. The highest BCUT2D eigenvalue weighted by atomic mass is 19.4. The van der Waals surface area contributed by atoms with E-state index in [9.17, 15) is 13.2 Å². The number of nitrogens with two attached hydrogens (primary N) is 1. The first-order valence-corrected chi connectivity index (χ1v) is 5.94. The van der Waals surface area contributed by atoms with Crippen LogP contribution in [0.15, 0.2) is 36.8 Å². The van der Waals surface area contributed by atoms with E-state index in [-0.39, 0.29) is 0 Å². The number of alkyl halides is 3. The molecule has 2 rings (SSSR count). The Morgan fingerprint density at radius 2 is 2.05 bits per heavy atom. The Balaban J connectivity index is 2.41. The molecule has 0 atom stereocenters. The molecule has 0 bridgehead atoms. The molecule has 1 heterocycles. The van der Waals surface area contributed by atoms with Gasteiger partial charge in [-0.1, -0.05) is 12.1 Å². The standard InChI is InChI=1S/C13H13F3N4/c14-13(15,16)10-3-1-2-9(6-10)12-11(19-5-4-17)7-18-8-20-12/h1-3,6-8,19H,4-5,17H2. The fourth-order valence-corrected chi connectivity index (χ4v) is 1.74. The van der Waals surface area contributed by atoms with Crippen molar-refractivity contribution in [2.24, 2.45) is 5.73 Å². The lowest BCUT2D eigenvalue weighted by Crippen LogP contribution is -2.14. The van der Waals surface area contributed by atoms with E-state index in [1.807, 2.05) is 0 Å². The molecule has 106 valence electrons. The zero-order chi connectivity index (χ0) is 14.6. The van der Waals surface area contributed by atoms with Crippen LogP contribution in [0.1, 0.15) is 5.56 Å². The van der Waals surface area contributed by atoms with Crippen LogP contribution in [0.2, 0.25) is 0 Å². The molecule has 0 aliphatic rings. The second-order valence-corrected chi connectivity index (χ2v) is 4.08. The van der Waals surface area contributed by atoms with Gasteiger partial charge in [0.1, 0.15) is 6.33 Å². The molecule has 0 aliphatic carbocycles. The van der Waals surface area contributed by atoms with Crippen molar-refractivity contribution in [3.63, 3.8) is 0 Å². The first-order valence-electron chi connectivity index (χ1n) is 5.94. The van der Waals surface area contributed by atoms with Crippen molar-refractivity contribution in [2.45, 2.75) is 6.18 Å². The van der Waals surface area contributed by atoms with Crippen LogP contribution in [0.5, 0.6) is 0 Å². The predicted molar refractivity (Wildman–Crippen MR) is 70.0 cm³/mol. The largest absolute Gasteiger partial charge is 0.416 e. The topological polar surface area (TPSA) is 63.8 Å². The van der Waals surface area contributed by atoms with Crippen LogP contribution in [0.3, 0.4) is 0 Å². The van der Waals surface area contributed by atoms with Crippen LogP contribution in [0.25, 0.3) is 11.3 Å². The third kappa shape index (κ3) is 3.24. The highest BCUT2D eigenvalue weighted by Crippen LogP contribution is 2.33. The SMILES string of the molecule is NCCNc1cncnc1-c1cccc(C(F)(F)F)c1.